The minimum Gasteiger partial charge on any atom is -0.379 e. The number of hydrogen-bond donors (Lipinski definition) is 0. The van der Waals surface area contributed by atoms with Crippen molar-refractivity contribution >= 4 is 28.9 Å². The summed E-state index contributed by atoms with van der Waals surface area (Å²) in [5.41, 5.74) is 3.20. The summed E-state index contributed by atoms with van der Waals surface area (Å²) in [5.74, 6) is 0.0576. The van der Waals surface area contributed by atoms with Gasteiger partial charge in [0.2, 0.25) is 5.91 Å². The number of amides is 2. The standard InChI is InChI=1S/C28H36N4O3S/c1-21-8-10-22(11-9-21)25-19-24(26-7-4-18-36-26)29-32(25)27(33)20-31(28(34)23-5-2-3-6-23)13-12-30-14-16-35-17-15-30/h4,7-11,18,23,25H,2-3,5-6,12-17,19-20H2,1H3. The van der Waals surface area contributed by atoms with E-state index in [1.807, 2.05) is 11.4 Å². The van der Waals surface area contributed by atoms with Gasteiger partial charge in [0, 0.05) is 38.5 Å². The van der Waals surface area contributed by atoms with E-state index in [-0.39, 0.29) is 30.3 Å². The topological polar surface area (TPSA) is 65.5 Å². The minimum absolute atomic E-state index is 0.0409. The first-order chi connectivity index (χ1) is 17.6. The second-order valence-corrected chi connectivity index (χ2v) is 11.0. The van der Waals surface area contributed by atoms with Crippen molar-refractivity contribution in [1.29, 1.82) is 0 Å². The smallest absolute Gasteiger partial charge is 0.262 e. The van der Waals surface area contributed by atoms with E-state index in [2.05, 4.69) is 42.2 Å². The first kappa shape index (κ1) is 25.1. The molecule has 0 spiro atoms. The Balaban J connectivity index is 1.35. The summed E-state index contributed by atoms with van der Waals surface area (Å²) in [6, 6.07) is 12.3. The largest absolute Gasteiger partial charge is 0.379 e. The number of ether oxygens (including phenoxy) is 1. The highest BCUT2D eigenvalue weighted by Crippen LogP contribution is 2.34. The first-order valence-electron chi connectivity index (χ1n) is 13.2. The van der Waals surface area contributed by atoms with Crippen molar-refractivity contribution in [2.24, 2.45) is 11.0 Å². The molecule has 1 saturated carbocycles. The lowest BCUT2D eigenvalue weighted by molar-refractivity contribution is -0.144. The van der Waals surface area contributed by atoms with E-state index in [1.165, 1.54) is 5.56 Å². The number of nitrogens with zero attached hydrogens (tertiary/aromatic N) is 4. The summed E-state index contributed by atoms with van der Waals surface area (Å²) in [4.78, 5) is 32.5. The Morgan fingerprint density at radius 3 is 2.56 bits per heavy atom. The zero-order chi connectivity index (χ0) is 24.9. The molecule has 1 aromatic heterocycles. The van der Waals surface area contributed by atoms with Crippen LogP contribution >= 0.6 is 11.3 Å². The second kappa shape index (κ2) is 11.7. The summed E-state index contributed by atoms with van der Waals surface area (Å²) in [7, 11) is 0. The summed E-state index contributed by atoms with van der Waals surface area (Å²) >= 11 is 1.64. The number of rotatable bonds is 8. The Hall–Kier alpha value is -2.55. The van der Waals surface area contributed by atoms with Gasteiger partial charge in [0.15, 0.2) is 0 Å². The summed E-state index contributed by atoms with van der Waals surface area (Å²) in [6.07, 6.45) is 4.73. The molecule has 2 aromatic rings. The van der Waals surface area contributed by atoms with E-state index in [4.69, 9.17) is 9.84 Å². The number of carbonyl (C=O) groups excluding carboxylic acids is 2. The second-order valence-electron chi connectivity index (χ2n) is 10.1. The number of hydrogen-bond acceptors (Lipinski definition) is 6. The number of morpholine rings is 1. The van der Waals surface area contributed by atoms with E-state index in [9.17, 15) is 9.59 Å². The summed E-state index contributed by atoms with van der Waals surface area (Å²) in [5, 5.41) is 8.50. The molecule has 3 heterocycles. The first-order valence-corrected chi connectivity index (χ1v) is 14.1. The third kappa shape index (κ3) is 5.88. The Bertz CT molecular complexity index is 1060. The number of aryl methyl sites for hydroxylation is 1. The lowest BCUT2D eigenvalue weighted by atomic mass is 10.00. The molecule has 0 radical (unpaired) electrons. The molecule has 1 aromatic carbocycles. The van der Waals surface area contributed by atoms with Gasteiger partial charge < -0.3 is 9.64 Å². The molecule has 2 fully saturated rings. The van der Waals surface area contributed by atoms with Gasteiger partial charge in [-0.3, -0.25) is 14.5 Å². The van der Waals surface area contributed by atoms with Crippen molar-refractivity contribution < 1.29 is 14.3 Å². The molecular weight excluding hydrogens is 472 g/mol. The highest BCUT2D eigenvalue weighted by molar-refractivity contribution is 7.12. The Kier molecular flexibility index (Phi) is 8.14. The van der Waals surface area contributed by atoms with E-state index in [0.717, 1.165) is 74.7 Å². The van der Waals surface area contributed by atoms with Crippen molar-refractivity contribution in [2.45, 2.75) is 45.1 Å². The fourth-order valence-electron chi connectivity index (χ4n) is 5.40. The molecular formula is C28H36N4O3S. The zero-order valence-corrected chi connectivity index (χ0v) is 21.9. The molecule has 1 atom stereocenters. The molecule has 2 aliphatic heterocycles. The minimum atomic E-state index is -0.155. The van der Waals surface area contributed by atoms with Crippen LogP contribution in [0.5, 0.6) is 0 Å². The van der Waals surface area contributed by atoms with Gasteiger partial charge in [0.25, 0.3) is 5.91 Å². The molecule has 7 nitrogen and oxygen atoms in total. The predicted molar refractivity (Wildman–Crippen MR) is 142 cm³/mol. The van der Waals surface area contributed by atoms with E-state index < -0.39 is 0 Å². The molecule has 36 heavy (non-hydrogen) atoms. The molecule has 192 valence electrons. The zero-order valence-electron chi connectivity index (χ0n) is 21.1. The lowest BCUT2D eigenvalue weighted by Gasteiger charge is -2.32. The van der Waals surface area contributed by atoms with Crippen molar-refractivity contribution in [1.82, 2.24) is 14.8 Å². The van der Waals surface area contributed by atoms with Gasteiger partial charge in [-0.05, 0) is 36.8 Å². The maximum atomic E-state index is 13.8. The number of benzene rings is 1. The van der Waals surface area contributed by atoms with Gasteiger partial charge in [0.1, 0.15) is 6.54 Å². The fraction of sp³-hybridized carbons (Fsp3) is 0.536. The monoisotopic (exact) mass is 508 g/mol. The van der Waals surface area contributed by atoms with Crippen molar-refractivity contribution in [3.63, 3.8) is 0 Å². The van der Waals surface area contributed by atoms with Crippen LogP contribution in [0.3, 0.4) is 0 Å². The average Bonchev–Trinajstić information content (AvgIpc) is 3.69. The van der Waals surface area contributed by atoms with Gasteiger partial charge in [-0.15, -0.1) is 11.3 Å². The van der Waals surface area contributed by atoms with Crippen LogP contribution in [-0.4, -0.2) is 78.3 Å². The number of hydrazone groups is 1. The highest BCUT2D eigenvalue weighted by atomic mass is 32.1. The van der Waals surface area contributed by atoms with Crippen LogP contribution in [0.1, 0.15) is 54.1 Å². The lowest BCUT2D eigenvalue weighted by Crippen LogP contribution is -2.47. The summed E-state index contributed by atoms with van der Waals surface area (Å²) in [6.45, 7) is 6.65. The van der Waals surface area contributed by atoms with Crippen LogP contribution in [0.15, 0.2) is 46.9 Å². The highest BCUT2D eigenvalue weighted by Gasteiger charge is 2.36. The van der Waals surface area contributed by atoms with Gasteiger partial charge in [0.05, 0.1) is 29.8 Å². The molecule has 0 bridgehead atoms. The molecule has 8 heteroatoms. The third-order valence-corrected chi connectivity index (χ3v) is 8.48. The molecule has 1 aliphatic carbocycles. The maximum absolute atomic E-state index is 13.8. The predicted octanol–water partition coefficient (Wildman–Crippen LogP) is 4.09. The van der Waals surface area contributed by atoms with Gasteiger partial charge in [-0.25, -0.2) is 5.01 Å². The van der Waals surface area contributed by atoms with Gasteiger partial charge in [-0.1, -0.05) is 48.7 Å². The molecule has 5 rings (SSSR count). The van der Waals surface area contributed by atoms with Gasteiger partial charge in [-0.2, -0.15) is 5.10 Å². The molecule has 3 aliphatic rings. The van der Waals surface area contributed by atoms with Crippen molar-refractivity contribution in [3.8, 4) is 0 Å². The number of thiophene rings is 1. The van der Waals surface area contributed by atoms with E-state index in [0.29, 0.717) is 13.0 Å². The normalized spacial score (nSPS) is 21.1. The van der Waals surface area contributed by atoms with Crippen LogP contribution in [0, 0.1) is 12.8 Å². The SMILES string of the molecule is Cc1ccc(C2CC(c3cccs3)=NN2C(=O)CN(CCN2CCOCC2)C(=O)C2CCCC2)cc1. The Morgan fingerprint density at radius 1 is 1.11 bits per heavy atom. The van der Waals surface area contributed by atoms with E-state index >= 15 is 0 Å². The quantitative estimate of drug-likeness (QED) is 0.539. The molecule has 1 saturated heterocycles. The molecule has 0 N–H and O–H groups in total. The van der Waals surface area contributed by atoms with Crippen LogP contribution < -0.4 is 0 Å². The van der Waals surface area contributed by atoms with Crippen molar-refractivity contribution in [3.05, 3.63) is 57.8 Å². The van der Waals surface area contributed by atoms with Crippen LogP contribution in [0.2, 0.25) is 0 Å². The Morgan fingerprint density at radius 2 is 1.86 bits per heavy atom. The van der Waals surface area contributed by atoms with Crippen LogP contribution in [-0.2, 0) is 14.3 Å². The Labute approximate surface area is 217 Å². The van der Waals surface area contributed by atoms with Crippen LogP contribution in [0.25, 0.3) is 0 Å². The van der Waals surface area contributed by atoms with Crippen molar-refractivity contribution in [2.75, 3.05) is 45.9 Å². The average molecular weight is 509 g/mol. The van der Waals surface area contributed by atoms with E-state index in [1.54, 1.807) is 21.2 Å². The summed E-state index contributed by atoms with van der Waals surface area (Å²) < 4.78 is 5.47. The fourth-order valence-corrected chi connectivity index (χ4v) is 6.12. The molecule has 2 amide bonds. The third-order valence-electron chi connectivity index (χ3n) is 7.57. The maximum Gasteiger partial charge on any atom is 0.262 e. The molecule has 1 unspecified atom stereocenters. The van der Waals surface area contributed by atoms with Gasteiger partial charge >= 0.3 is 0 Å². The number of carbonyl (C=O) groups is 2. The van der Waals surface area contributed by atoms with Crippen LogP contribution in [0.4, 0.5) is 0 Å².